The van der Waals surface area contributed by atoms with Gasteiger partial charge in [-0.25, -0.2) is 18.1 Å². The van der Waals surface area contributed by atoms with Crippen molar-refractivity contribution in [3.63, 3.8) is 0 Å². The molecule has 0 spiro atoms. The maximum Gasteiger partial charge on any atom is 0.264 e. The molecule has 0 amide bonds. The highest BCUT2D eigenvalue weighted by molar-refractivity contribution is 7.92. The molecule has 0 saturated carbocycles. The first-order valence-corrected chi connectivity index (χ1v) is 6.36. The van der Waals surface area contributed by atoms with Gasteiger partial charge in [-0.3, -0.25) is 0 Å². The minimum absolute atomic E-state index is 0.147. The van der Waals surface area contributed by atoms with Gasteiger partial charge in [0.2, 0.25) is 5.95 Å². The molecule has 0 bridgehead atoms. The number of nitrogen functional groups attached to an aromatic ring is 1. The summed E-state index contributed by atoms with van der Waals surface area (Å²) in [5, 5.41) is 0. The molecule has 1 aromatic heterocycles. The Morgan fingerprint density at radius 3 is 2.82 bits per heavy atom. The van der Waals surface area contributed by atoms with Crippen LogP contribution in [0.4, 0.5) is 11.6 Å². The first kappa shape index (κ1) is 11.5. The molecule has 2 rings (SSSR count). The van der Waals surface area contributed by atoms with Crippen molar-refractivity contribution in [1.29, 1.82) is 0 Å². The van der Waals surface area contributed by atoms with E-state index in [2.05, 4.69) is 14.7 Å². The molecule has 0 aliphatic carbocycles. The Kier molecular flexibility index (Phi) is 2.76. The number of imidazole rings is 1. The molecule has 2 aromatic rings. The van der Waals surface area contributed by atoms with Crippen LogP contribution in [0.2, 0.25) is 0 Å². The van der Waals surface area contributed by atoms with Crippen LogP contribution in [0, 0.1) is 6.92 Å². The minimum Gasteiger partial charge on any atom is -0.398 e. The number of nitrogens with one attached hydrogen (secondary N) is 2. The van der Waals surface area contributed by atoms with Crippen molar-refractivity contribution in [2.24, 2.45) is 0 Å². The summed E-state index contributed by atoms with van der Waals surface area (Å²) in [7, 11) is -3.66. The Morgan fingerprint density at radius 2 is 2.18 bits per heavy atom. The molecular weight excluding hydrogens is 240 g/mol. The molecule has 0 unspecified atom stereocenters. The number of benzene rings is 1. The fourth-order valence-corrected chi connectivity index (χ4v) is 2.68. The molecule has 4 N–H and O–H groups in total. The van der Waals surface area contributed by atoms with Crippen molar-refractivity contribution in [3.8, 4) is 0 Å². The van der Waals surface area contributed by atoms with Crippen LogP contribution in [0.3, 0.4) is 0 Å². The number of sulfonamides is 1. The van der Waals surface area contributed by atoms with E-state index in [1.807, 2.05) is 0 Å². The summed E-state index contributed by atoms with van der Waals surface area (Å²) in [6, 6.07) is 4.75. The van der Waals surface area contributed by atoms with Gasteiger partial charge in [-0.2, -0.15) is 0 Å². The zero-order valence-corrected chi connectivity index (χ0v) is 9.95. The lowest BCUT2D eigenvalue weighted by atomic mass is 10.2. The van der Waals surface area contributed by atoms with Gasteiger partial charge in [0.15, 0.2) is 0 Å². The molecule has 0 aliphatic heterocycles. The lowest BCUT2D eigenvalue weighted by Crippen LogP contribution is -2.15. The van der Waals surface area contributed by atoms with E-state index in [0.29, 0.717) is 11.3 Å². The highest BCUT2D eigenvalue weighted by Gasteiger charge is 2.18. The van der Waals surface area contributed by atoms with Crippen LogP contribution in [-0.4, -0.2) is 18.4 Å². The van der Waals surface area contributed by atoms with Gasteiger partial charge in [0.1, 0.15) is 0 Å². The summed E-state index contributed by atoms with van der Waals surface area (Å²) in [4.78, 5) is 6.61. The van der Waals surface area contributed by atoms with Crippen LogP contribution in [0.25, 0.3) is 0 Å². The number of nitrogens with zero attached hydrogens (tertiary/aromatic N) is 1. The van der Waals surface area contributed by atoms with E-state index in [1.54, 1.807) is 19.1 Å². The van der Waals surface area contributed by atoms with Gasteiger partial charge in [0.05, 0.1) is 4.90 Å². The molecule has 0 fully saturated rings. The number of rotatable bonds is 3. The summed E-state index contributed by atoms with van der Waals surface area (Å²) < 4.78 is 26.4. The van der Waals surface area contributed by atoms with Gasteiger partial charge in [0.25, 0.3) is 10.0 Å². The molecule has 0 aliphatic rings. The van der Waals surface area contributed by atoms with Crippen LogP contribution in [-0.2, 0) is 10.0 Å². The third kappa shape index (κ3) is 2.23. The third-order valence-corrected chi connectivity index (χ3v) is 3.83. The highest BCUT2D eigenvalue weighted by Crippen LogP contribution is 2.21. The molecule has 6 nitrogen and oxygen atoms in total. The van der Waals surface area contributed by atoms with E-state index in [0.717, 1.165) is 0 Å². The molecule has 1 aromatic carbocycles. The van der Waals surface area contributed by atoms with Crippen LogP contribution < -0.4 is 10.5 Å². The molecule has 0 atom stereocenters. The molecule has 1 heterocycles. The zero-order chi connectivity index (χ0) is 12.5. The Balaban J connectivity index is 2.42. The fourth-order valence-electron chi connectivity index (χ4n) is 1.43. The zero-order valence-electron chi connectivity index (χ0n) is 9.14. The predicted molar refractivity (Wildman–Crippen MR) is 65.0 cm³/mol. The molecular formula is C10H12N4O2S. The molecule has 0 radical (unpaired) electrons. The summed E-state index contributed by atoms with van der Waals surface area (Å²) in [6.45, 7) is 1.66. The van der Waals surface area contributed by atoms with Gasteiger partial charge >= 0.3 is 0 Å². The Hall–Kier alpha value is -2.02. The first-order chi connectivity index (χ1) is 8.00. The fraction of sp³-hybridized carbons (Fsp3) is 0.100. The Morgan fingerprint density at radius 1 is 1.41 bits per heavy atom. The van der Waals surface area contributed by atoms with E-state index in [9.17, 15) is 8.42 Å². The SMILES string of the molecule is Cc1c(N)cccc1S(=O)(=O)Nc1ncc[nH]1. The topological polar surface area (TPSA) is 101 Å². The summed E-state index contributed by atoms with van der Waals surface area (Å²) in [6.07, 6.45) is 2.99. The lowest BCUT2D eigenvalue weighted by Gasteiger charge is -2.09. The van der Waals surface area contributed by atoms with Gasteiger partial charge < -0.3 is 10.7 Å². The van der Waals surface area contributed by atoms with Gasteiger partial charge in [-0.05, 0) is 24.6 Å². The van der Waals surface area contributed by atoms with Gasteiger partial charge in [0, 0.05) is 18.1 Å². The van der Waals surface area contributed by atoms with Crippen LogP contribution in [0.1, 0.15) is 5.56 Å². The average Bonchev–Trinajstić information content (AvgIpc) is 2.73. The van der Waals surface area contributed by atoms with Crippen molar-refractivity contribution in [2.45, 2.75) is 11.8 Å². The number of hydrogen-bond donors (Lipinski definition) is 3. The number of hydrogen-bond acceptors (Lipinski definition) is 4. The standard InChI is InChI=1S/C10H12N4O2S/c1-7-8(11)3-2-4-9(7)17(15,16)14-10-12-5-6-13-10/h2-6H,11H2,1H3,(H2,12,13,14). The average molecular weight is 252 g/mol. The van der Waals surface area contributed by atoms with Crippen LogP contribution in [0.5, 0.6) is 0 Å². The summed E-state index contributed by atoms with van der Waals surface area (Å²) in [5.74, 6) is 0.173. The number of H-pyrrole nitrogens is 1. The maximum absolute atomic E-state index is 12.0. The second-order valence-corrected chi connectivity index (χ2v) is 5.16. The van der Waals surface area contributed by atoms with Crippen LogP contribution in [0.15, 0.2) is 35.5 Å². The van der Waals surface area contributed by atoms with E-state index >= 15 is 0 Å². The second kappa shape index (κ2) is 4.10. The second-order valence-electron chi connectivity index (χ2n) is 3.51. The number of anilines is 2. The monoisotopic (exact) mass is 252 g/mol. The van der Waals surface area contributed by atoms with Gasteiger partial charge in [-0.1, -0.05) is 6.07 Å². The normalized spacial score (nSPS) is 11.4. The largest absolute Gasteiger partial charge is 0.398 e. The van der Waals surface area contributed by atoms with Crippen molar-refractivity contribution < 1.29 is 8.42 Å². The van der Waals surface area contributed by atoms with Crippen molar-refractivity contribution >= 4 is 21.7 Å². The molecule has 0 saturated heterocycles. The molecule has 7 heteroatoms. The number of aromatic amines is 1. The summed E-state index contributed by atoms with van der Waals surface area (Å²) in [5.41, 5.74) is 6.63. The third-order valence-electron chi connectivity index (χ3n) is 2.34. The highest BCUT2D eigenvalue weighted by atomic mass is 32.2. The Bertz CT molecular complexity index is 620. The maximum atomic E-state index is 12.0. The first-order valence-electron chi connectivity index (χ1n) is 4.88. The quantitative estimate of drug-likeness (QED) is 0.712. The van der Waals surface area contributed by atoms with Crippen molar-refractivity contribution in [3.05, 3.63) is 36.2 Å². The molecule has 17 heavy (non-hydrogen) atoms. The lowest BCUT2D eigenvalue weighted by molar-refractivity contribution is 0.600. The predicted octanol–water partition coefficient (Wildman–Crippen LogP) is 1.10. The minimum atomic E-state index is -3.66. The summed E-state index contributed by atoms with van der Waals surface area (Å²) >= 11 is 0. The number of nitrogens with two attached hydrogens (primary N) is 1. The number of aromatic nitrogens is 2. The smallest absolute Gasteiger partial charge is 0.264 e. The van der Waals surface area contributed by atoms with Crippen molar-refractivity contribution in [1.82, 2.24) is 9.97 Å². The van der Waals surface area contributed by atoms with Gasteiger partial charge in [-0.15, -0.1) is 0 Å². The van der Waals surface area contributed by atoms with Crippen molar-refractivity contribution in [2.75, 3.05) is 10.5 Å². The van der Waals surface area contributed by atoms with Crippen LogP contribution >= 0.6 is 0 Å². The molecule has 90 valence electrons. The van der Waals surface area contributed by atoms with E-state index in [1.165, 1.54) is 18.5 Å². The van der Waals surface area contributed by atoms with E-state index in [-0.39, 0.29) is 10.8 Å². The van der Waals surface area contributed by atoms with E-state index < -0.39 is 10.0 Å². The van der Waals surface area contributed by atoms with E-state index in [4.69, 9.17) is 5.73 Å². The Labute approximate surface area is 98.9 Å².